The van der Waals surface area contributed by atoms with Gasteiger partial charge >= 0.3 is 12.2 Å². The topological polar surface area (TPSA) is 216 Å². The Balaban J connectivity index is 1.24. The third kappa shape index (κ3) is 12.2. The smallest absolute Gasteiger partial charge is 0.412 e. The highest BCUT2D eigenvalue weighted by molar-refractivity contribution is 6.05. The van der Waals surface area contributed by atoms with Crippen LogP contribution in [0.1, 0.15) is 43.0 Å². The molecule has 62 heavy (non-hydrogen) atoms. The van der Waals surface area contributed by atoms with E-state index in [1.807, 2.05) is 12.1 Å². The Morgan fingerprint density at radius 3 is 1.10 bits per heavy atom. The average molecular weight is 839 g/mol. The maximum atomic E-state index is 14.1. The zero-order valence-electron chi connectivity index (χ0n) is 33.4. The third-order valence-corrected chi connectivity index (χ3v) is 9.86. The number of para-hydroxylation sites is 2. The van der Waals surface area contributed by atoms with Gasteiger partial charge in [-0.3, -0.25) is 20.2 Å². The van der Waals surface area contributed by atoms with Crippen LogP contribution in [0.4, 0.5) is 21.0 Å². The van der Waals surface area contributed by atoms with Crippen molar-refractivity contribution in [1.29, 1.82) is 0 Å². The van der Waals surface area contributed by atoms with Crippen LogP contribution < -0.4 is 21.3 Å². The molecule has 0 bridgehead atoms. The minimum absolute atomic E-state index is 0.00320. The minimum atomic E-state index is -1.74. The fourth-order valence-electron chi connectivity index (χ4n) is 6.66. The number of benzene rings is 6. The van der Waals surface area contributed by atoms with E-state index in [0.29, 0.717) is 22.3 Å². The Morgan fingerprint density at radius 2 is 0.758 bits per heavy atom. The van der Waals surface area contributed by atoms with Crippen LogP contribution in [0.15, 0.2) is 158 Å². The van der Waals surface area contributed by atoms with Gasteiger partial charge in [0.25, 0.3) is 11.8 Å². The average Bonchev–Trinajstić information content (AvgIpc) is 3.29. The van der Waals surface area contributed by atoms with Gasteiger partial charge in [0.1, 0.15) is 36.9 Å². The van der Waals surface area contributed by atoms with Crippen molar-refractivity contribution >= 4 is 35.4 Å². The van der Waals surface area contributed by atoms with Gasteiger partial charge < -0.3 is 40.5 Å². The molecule has 0 saturated carbocycles. The first-order valence-corrected chi connectivity index (χ1v) is 19.7. The summed E-state index contributed by atoms with van der Waals surface area (Å²) in [5.41, 5.74) is 1.98. The van der Waals surface area contributed by atoms with Crippen molar-refractivity contribution in [1.82, 2.24) is 10.6 Å². The number of aliphatic hydroxyl groups excluding tert-OH is 2. The number of carbonyl (C=O) groups is 4. The fraction of sp³-hybridized carbons (Fsp3) is 0.167. The number of ether oxygens (including phenoxy) is 2. The number of anilines is 2. The molecule has 4 atom stereocenters. The zero-order valence-corrected chi connectivity index (χ0v) is 33.4. The maximum Gasteiger partial charge on any atom is 0.412 e. The maximum absolute atomic E-state index is 14.1. The molecule has 0 heterocycles. The number of phenolic OH excluding ortho intramolecular Hbond substituents is 2. The van der Waals surface area contributed by atoms with Gasteiger partial charge in [-0.1, -0.05) is 133 Å². The lowest BCUT2D eigenvalue weighted by Crippen LogP contribution is -2.57. The lowest BCUT2D eigenvalue weighted by molar-refractivity contribution is -0.0219. The van der Waals surface area contributed by atoms with Gasteiger partial charge in [0.15, 0.2) is 0 Å². The molecule has 0 aromatic heterocycles. The quantitative estimate of drug-likeness (QED) is 0.0455. The Morgan fingerprint density at radius 1 is 0.435 bits per heavy atom. The van der Waals surface area contributed by atoms with Crippen molar-refractivity contribution in [3.63, 3.8) is 0 Å². The SMILES string of the molecule is O=C(Nc1c(O)cccc1C(=O)N[C@@H](Cc1ccccc1)[C@H](O)[C@H](O)[C@H](Cc1ccccc1)NC(=O)c1cccc(O)c1NC(=O)OCc1ccccc1)OCc1ccccc1. The zero-order chi connectivity index (χ0) is 43.8. The molecule has 0 saturated heterocycles. The number of rotatable bonds is 17. The number of carbonyl (C=O) groups excluding carboxylic acids is 4. The largest absolute Gasteiger partial charge is 0.506 e. The van der Waals surface area contributed by atoms with Gasteiger partial charge in [-0.2, -0.15) is 0 Å². The van der Waals surface area contributed by atoms with E-state index < -0.39 is 59.8 Å². The van der Waals surface area contributed by atoms with E-state index in [-0.39, 0.29) is 48.6 Å². The third-order valence-electron chi connectivity index (χ3n) is 9.86. The molecule has 14 nitrogen and oxygen atoms in total. The Bertz CT molecular complexity index is 2250. The van der Waals surface area contributed by atoms with Crippen LogP contribution in [0.2, 0.25) is 0 Å². The summed E-state index contributed by atoms with van der Waals surface area (Å²) in [5.74, 6) is -2.48. The minimum Gasteiger partial charge on any atom is -0.506 e. The first-order valence-electron chi connectivity index (χ1n) is 19.7. The molecule has 0 radical (unpaired) electrons. The van der Waals surface area contributed by atoms with Gasteiger partial charge in [0, 0.05) is 0 Å². The fourth-order valence-corrected chi connectivity index (χ4v) is 6.66. The van der Waals surface area contributed by atoms with Gasteiger partial charge in [-0.15, -0.1) is 0 Å². The van der Waals surface area contributed by atoms with Crippen LogP contribution in [0.5, 0.6) is 11.5 Å². The van der Waals surface area contributed by atoms with Gasteiger partial charge in [0.05, 0.1) is 34.6 Å². The summed E-state index contributed by atoms with van der Waals surface area (Å²) in [6.07, 6.45) is -5.35. The molecule has 318 valence electrons. The van der Waals surface area contributed by atoms with Gasteiger partial charge in [0.2, 0.25) is 0 Å². The summed E-state index contributed by atoms with van der Waals surface area (Å²) in [6, 6.07) is 41.3. The molecule has 0 aliphatic rings. The number of aliphatic hydroxyl groups is 2. The van der Waals surface area contributed by atoms with Crippen LogP contribution in [-0.4, -0.2) is 68.7 Å². The summed E-state index contributed by atoms with van der Waals surface area (Å²) in [4.78, 5) is 53.8. The van der Waals surface area contributed by atoms with Gasteiger partial charge in [-0.25, -0.2) is 9.59 Å². The van der Waals surface area contributed by atoms with Crippen molar-refractivity contribution in [2.45, 2.75) is 50.3 Å². The molecular weight excluding hydrogens is 793 g/mol. The number of nitrogens with one attached hydrogen (secondary N) is 4. The van der Waals surface area contributed by atoms with Crippen molar-refractivity contribution in [3.05, 3.63) is 191 Å². The standard InChI is InChI=1S/C48H46N4O10/c53-39-25-13-23-35(41(39)51-47(59)61-29-33-19-9-3-10-20-33)45(57)49-37(27-31-15-5-1-6-16-31)43(55)44(56)38(28-32-17-7-2-8-18-32)50-46(58)36-24-14-26-40(54)42(36)52-48(60)62-30-34-21-11-4-12-22-34/h1-26,37-38,43-44,53-56H,27-30H2,(H,49,57)(H,50,58)(H,51,59)(H,52,60)/t37-,38-,43-,44+/m0/s1. The monoisotopic (exact) mass is 838 g/mol. The highest BCUT2D eigenvalue weighted by Gasteiger charge is 2.36. The Labute approximate surface area is 357 Å². The molecular formula is C48H46N4O10. The van der Waals surface area contributed by atoms with E-state index in [9.17, 15) is 39.6 Å². The second-order valence-electron chi connectivity index (χ2n) is 14.3. The summed E-state index contributed by atoms with van der Waals surface area (Å²) in [5, 5.41) is 56.0. The molecule has 4 amide bonds. The van der Waals surface area contributed by atoms with E-state index in [1.165, 1.54) is 36.4 Å². The highest BCUT2D eigenvalue weighted by Crippen LogP contribution is 2.30. The number of hydrogen-bond donors (Lipinski definition) is 8. The highest BCUT2D eigenvalue weighted by atomic mass is 16.6. The first kappa shape index (κ1) is 43.9. The molecule has 6 rings (SSSR count). The van der Waals surface area contributed by atoms with E-state index in [0.717, 1.165) is 0 Å². The molecule has 0 aliphatic heterocycles. The summed E-state index contributed by atoms with van der Waals surface area (Å²) in [7, 11) is 0. The van der Waals surface area contributed by atoms with Crippen LogP contribution in [0, 0.1) is 0 Å². The van der Waals surface area contributed by atoms with E-state index >= 15 is 0 Å². The predicted molar refractivity (Wildman–Crippen MR) is 232 cm³/mol. The van der Waals surface area contributed by atoms with Crippen molar-refractivity contribution < 1.29 is 49.1 Å². The van der Waals surface area contributed by atoms with Crippen LogP contribution in [0.25, 0.3) is 0 Å². The Hall–Kier alpha value is -7.68. The van der Waals surface area contributed by atoms with E-state index in [4.69, 9.17) is 9.47 Å². The molecule has 0 spiro atoms. The number of amides is 4. The van der Waals surface area contributed by atoms with Crippen LogP contribution in [-0.2, 0) is 35.5 Å². The summed E-state index contributed by atoms with van der Waals surface area (Å²) < 4.78 is 10.6. The lowest BCUT2D eigenvalue weighted by atomic mass is 9.90. The second kappa shape index (κ2) is 21.5. The van der Waals surface area contributed by atoms with Crippen LogP contribution >= 0.6 is 0 Å². The number of phenols is 2. The predicted octanol–water partition coefficient (Wildman–Crippen LogP) is 6.70. The molecule has 6 aromatic rings. The van der Waals surface area contributed by atoms with E-state index in [2.05, 4.69) is 21.3 Å². The van der Waals surface area contributed by atoms with Crippen molar-refractivity contribution in [2.75, 3.05) is 10.6 Å². The number of hydrogen-bond acceptors (Lipinski definition) is 10. The van der Waals surface area contributed by atoms with E-state index in [1.54, 1.807) is 109 Å². The Kier molecular flexibility index (Phi) is 15.2. The molecule has 8 N–H and O–H groups in total. The molecule has 6 aromatic carbocycles. The number of aromatic hydroxyl groups is 2. The molecule has 0 aliphatic carbocycles. The first-order chi connectivity index (χ1) is 30.0. The molecule has 0 unspecified atom stereocenters. The second-order valence-corrected chi connectivity index (χ2v) is 14.3. The van der Waals surface area contributed by atoms with Crippen LogP contribution in [0.3, 0.4) is 0 Å². The van der Waals surface area contributed by atoms with Gasteiger partial charge in [-0.05, 0) is 59.4 Å². The summed E-state index contributed by atoms with van der Waals surface area (Å²) >= 11 is 0. The molecule has 14 heteroatoms. The summed E-state index contributed by atoms with van der Waals surface area (Å²) in [6.45, 7) is -0.146. The lowest BCUT2D eigenvalue weighted by Gasteiger charge is -2.33. The normalized spacial score (nSPS) is 12.7. The molecule has 0 fully saturated rings. The van der Waals surface area contributed by atoms with Crippen molar-refractivity contribution in [3.8, 4) is 11.5 Å². The van der Waals surface area contributed by atoms with Crippen molar-refractivity contribution in [2.24, 2.45) is 0 Å².